The molecule has 2 aromatic carbocycles. The Hall–Kier alpha value is -2.04. The summed E-state index contributed by atoms with van der Waals surface area (Å²) in [5.41, 5.74) is 0.328. The minimum absolute atomic E-state index is 0.244. The molecule has 4 nitrogen and oxygen atoms in total. The highest BCUT2D eigenvalue weighted by molar-refractivity contribution is 6.44. The van der Waals surface area contributed by atoms with Crippen LogP contribution in [0, 0.1) is 0 Å². The first kappa shape index (κ1) is 15.8. The lowest BCUT2D eigenvalue weighted by Crippen LogP contribution is -2.48. The third kappa shape index (κ3) is 2.92. The van der Waals surface area contributed by atoms with Crippen LogP contribution in [0.15, 0.2) is 42.5 Å². The van der Waals surface area contributed by atoms with E-state index in [2.05, 4.69) is 5.32 Å². The van der Waals surface area contributed by atoms with Crippen molar-refractivity contribution in [1.82, 2.24) is 0 Å². The molecule has 2 aromatic rings. The number of cyclic esters (lactones) is 1. The maximum absolute atomic E-state index is 12.6. The van der Waals surface area contributed by atoms with E-state index in [0.717, 1.165) is 5.56 Å². The maximum atomic E-state index is 12.6. The van der Waals surface area contributed by atoms with Crippen LogP contribution in [0.2, 0.25) is 10.0 Å². The predicted molar refractivity (Wildman–Crippen MR) is 89.1 cm³/mol. The van der Waals surface area contributed by atoms with E-state index in [1.54, 1.807) is 37.3 Å². The quantitative estimate of drug-likeness (QED) is 0.830. The summed E-state index contributed by atoms with van der Waals surface area (Å²) in [7, 11) is 0. The molecule has 6 heteroatoms. The smallest absolute Gasteiger partial charge is 0.339 e. The molecule has 1 amide bonds. The molecule has 1 atom stereocenters. The molecule has 1 heterocycles. The van der Waals surface area contributed by atoms with E-state index in [-0.39, 0.29) is 5.02 Å². The first-order chi connectivity index (χ1) is 10.9. The van der Waals surface area contributed by atoms with Crippen molar-refractivity contribution in [3.8, 4) is 0 Å². The maximum Gasteiger partial charge on any atom is 0.339 e. The van der Waals surface area contributed by atoms with Crippen LogP contribution in [-0.2, 0) is 16.0 Å². The summed E-state index contributed by atoms with van der Waals surface area (Å²) in [6.07, 6.45) is 0.291. The van der Waals surface area contributed by atoms with Crippen molar-refractivity contribution < 1.29 is 14.3 Å². The molecule has 0 fully saturated rings. The van der Waals surface area contributed by atoms with Crippen molar-refractivity contribution in [3.63, 3.8) is 0 Å². The Labute approximate surface area is 143 Å². The summed E-state index contributed by atoms with van der Waals surface area (Å²) in [5.74, 6) is -0.966. The number of nitrogens with one attached hydrogen (secondary N) is 1. The van der Waals surface area contributed by atoms with Gasteiger partial charge in [-0.25, -0.2) is 4.79 Å². The lowest BCUT2D eigenvalue weighted by molar-refractivity contribution is -0.134. The number of ether oxygens (including phenoxy) is 1. The van der Waals surface area contributed by atoms with Crippen LogP contribution in [-0.4, -0.2) is 17.5 Å². The lowest BCUT2D eigenvalue weighted by Gasteiger charge is -2.33. The fourth-order valence-electron chi connectivity index (χ4n) is 2.51. The lowest BCUT2D eigenvalue weighted by atomic mass is 9.89. The first-order valence-corrected chi connectivity index (χ1v) is 7.73. The molecule has 0 aliphatic carbocycles. The zero-order chi connectivity index (χ0) is 16.6. The number of hydrogen-bond acceptors (Lipinski definition) is 3. The molecule has 0 aromatic heterocycles. The molecule has 0 saturated heterocycles. The number of anilines is 1. The summed E-state index contributed by atoms with van der Waals surface area (Å²) in [6, 6.07) is 12.0. The molecule has 0 bridgehead atoms. The Morgan fingerprint density at radius 2 is 1.91 bits per heavy atom. The number of fused-ring (bicyclic) bond motifs is 1. The van der Waals surface area contributed by atoms with Gasteiger partial charge in [0, 0.05) is 6.42 Å². The molecule has 0 spiro atoms. The molecule has 118 valence electrons. The Kier molecular flexibility index (Phi) is 4.04. The second-order valence-electron chi connectivity index (χ2n) is 5.51. The average molecular weight is 350 g/mol. The number of carbonyl (C=O) groups is 2. The van der Waals surface area contributed by atoms with Crippen molar-refractivity contribution >= 4 is 40.8 Å². The van der Waals surface area contributed by atoms with E-state index in [0.29, 0.717) is 22.7 Å². The average Bonchev–Trinajstić information content (AvgIpc) is 2.51. The molecule has 0 radical (unpaired) electrons. The van der Waals surface area contributed by atoms with Gasteiger partial charge < -0.3 is 10.1 Å². The van der Waals surface area contributed by atoms with E-state index in [1.807, 2.05) is 12.1 Å². The minimum Gasteiger partial charge on any atom is -0.445 e. The van der Waals surface area contributed by atoms with Crippen LogP contribution in [0.4, 0.5) is 5.69 Å². The van der Waals surface area contributed by atoms with Gasteiger partial charge in [0.1, 0.15) is 0 Å². The monoisotopic (exact) mass is 349 g/mol. The minimum atomic E-state index is -1.31. The van der Waals surface area contributed by atoms with Gasteiger partial charge in [0.25, 0.3) is 5.91 Å². The van der Waals surface area contributed by atoms with Gasteiger partial charge in [0.15, 0.2) is 5.60 Å². The summed E-state index contributed by atoms with van der Waals surface area (Å²) in [5, 5.41) is 3.26. The highest BCUT2D eigenvalue weighted by Gasteiger charge is 2.42. The van der Waals surface area contributed by atoms with Gasteiger partial charge in [-0.2, -0.15) is 0 Å². The van der Waals surface area contributed by atoms with Gasteiger partial charge in [-0.3, -0.25) is 4.79 Å². The van der Waals surface area contributed by atoms with Crippen molar-refractivity contribution in [3.05, 3.63) is 63.6 Å². The van der Waals surface area contributed by atoms with Crippen LogP contribution in [0.3, 0.4) is 0 Å². The van der Waals surface area contributed by atoms with E-state index in [9.17, 15) is 9.59 Å². The molecule has 1 aliphatic heterocycles. The van der Waals surface area contributed by atoms with Gasteiger partial charge in [-0.1, -0.05) is 47.5 Å². The van der Waals surface area contributed by atoms with Gasteiger partial charge in [-0.15, -0.1) is 0 Å². The standard InChI is InChI=1S/C17H13Cl2NO3/c1-17(9-10-5-2-3-6-11(10)15(21)23-17)16(22)20-13-8-4-7-12(18)14(13)19/h2-8H,9H2,1H3,(H,20,22)/t17-/m0/s1. The normalized spacial score (nSPS) is 19.7. The van der Waals surface area contributed by atoms with Crippen LogP contribution in [0.1, 0.15) is 22.8 Å². The third-order valence-corrected chi connectivity index (χ3v) is 4.58. The van der Waals surface area contributed by atoms with Crippen molar-refractivity contribution in [1.29, 1.82) is 0 Å². The highest BCUT2D eigenvalue weighted by Crippen LogP contribution is 2.33. The SMILES string of the molecule is C[C@@]1(C(=O)Nc2cccc(Cl)c2Cl)Cc2ccccc2C(=O)O1. The van der Waals surface area contributed by atoms with Crippen LogP contribution in [0.5, 0.6) is 0 Å². The fraction of sp³-hybridized carbons (Fsp3) is 0.176. The Bertz CT molecular complexity index is 806. The Morgan fingerprint density at radius 1 is 1.17 bits per heavy atom. The number of benzene rings is 2. The summed E-state index contributed by atoms with van der Waals surface area (Å²) < 4.78 is 5.38. The van der Waals surface area contributed by atoms with Crippen molar-refractivity contribution in [2.75, 3.05) is 5.32 Å². The predicted octanol–water partition coefficient (Wildman–Crippen LogP) is 4.10. The molecular weight excluding hydrogens is 337 g/mol. The summed E-state index contributed by atoms with van der Waals surface area (Å²) >= 11 is 12.0. The van der Waals surface area contributed by atoms with Gasteiger partial charge in [0.2, 0.25) is 0 Å². The number of rotatable bonds is 2. The first-order valence-electron chi connectivity index (χ1n) is 6.97. The highest BCUT2D eigenvalue weighted by atomic mass is 35.5. The zero-order valence-electron chi connectivity index (χ0n) is 12.2. The van der Waals surface area contributed by atoms with Crippen LogP contribution in [0.25, 0.3) is 0 Å². The molecule has 1 aliphatic rings. The largest absolute Gasteiger partial charge is 0.445 e. The molecule has 0 saturated carbocycles. The van der Waals surface area contributed by atoms with E-state index in [4.69, 9.17) is 27.9 Å². The van der Waals surface area contributed by atoms with Crippen LogP contribution < -0.4 is 5.32 Å². The van der Waals surface area contributed by atoms with Crippen molar-refractivity contribution in [2.45, 2.75) is 18.9 Å². The van der Waals surface area contributed by atoms with E-state index < -0.39 is 17.5 Å². The number of amides is 1. The number of halogens is 2. The number of carbonyl (C=O) groups excluding carboxylic acids is 2. The number of esters is 1. The second-order valence-corrected chi connectivity index (χ2v) is 6.29. The Morgan fingerprint density at radius 3 is 2.70 bits per heavy atom. The number of hydrogen-bond donors (Lipinski definition) is 1. The molecule has 0 unspecified atom stereocenters. The van der Waals surface area contributed by atoms with E-state index in [1.165, 1.54) is 0 Å². The van der Waals surface area contributed by atoms with Gasteiger partial charge >= 0.3 is 5.97 Å². The summed E-state index contributed by atoms with van der Waals surface area (Å²) in [6.45, 7) is 1.58. The van der Waals surface area contributed by atoms with Gasteiger partial charge in [0.05, 0.1) is 21.3 Å². The van der Waals surface area contributed by atoms with Crippen molar-refractivity contribution in [2.24, 2.45) is 0 Å². The Balaban J connectivity index is 1.88. The third-order valence-electron chi connectivity index (χ3n) is 3.76. The van der Waals surface area contributed by atoms with Gasteiger partial charge in [-0.05, 0) is 30.7 Å². The summed E-state index contributed by atoms with van der Waals surface area (Å²) in [4.78, 5) is 24.7. The molecule has 1 N–H and O–H groups in total. The van der Waals surface area contributed by atoms with E-state index >= 15 is 0 Å². The fourth-order valence-corrected chi connectivity index (χ4v) is 2.86. The topological polar surface area (TPSA) is 55.4 Å². The second kappa shape index (κ2) is 5.87. The molecule has 23 heavy (non-hydrogen) atoms. The zero-order valence-corrected chi connectivity index (χ0v) is 13.7. The molecule has 3 rings (SSSR count). The van der Waals surface area contributed by atoms with Crippen LogP contribution >= 0.6 is 23.2 Å². The molecular formula is C17H13Cl2NO3.